The van der Waals surface area contributed by atoms with E-state index in [0.29, 0.717) is 11.3 Å². The molecule has 0 unspecified atom stereocenters. The molecule has 2 aromatic rings. The molecule has 2 aromatic carbocycles. The number of anilines is 1. The van der Waals surface area contributed by atoms with Crippen LogP contribution in [0.3, 0.4) is 0 Å². The summed E-state index contributed by atoms with van der Waals surface area (Å²) in [6.07, 6.45) is 1.98. The lowest BCUT2D eigenvalue weighted by atomic mass is 10.1. The minimum absolute atomic E-state index is 0.0117. The standard InChI is InChI=1S/C21H25N3O4S/c1-21(2,3)24-29(27,28)18-9-5-7-15(13-18)20(26)23-17-8-4-6-14(12-17)19(25)22-16-10-11-16/h4-9,12-13,16,24H,10-11H2,1-3H3,(H,22,25)(H,23,26). The van der Waals surface area contributed by atoms with Gasteiger partial charge < -0.3 is 10.6 Å². The number of hydrogen-bond donors (Lipinski definition) is 3. The number of sulfonamides is 1. The highest BCUT2D eigenvalue weighted by molar-refractivity contribution is 7.89. The van der Waals surface area contributed by atoms with Crippen molar-refractivity contribution in [2.75, 3.05) is 5.32 Å². The van der Waals surface area contributed by atoms with Gasteiger partial charge in [0.25, 0.3) is 11.8 Å². The first-order valence-corrected chi connectivity index (χ1v) is 10.9. The molecule has 3 rings (SSSR count). The maximum absolute atomic E-state index is 12.6. The Kier molecular flexibility index (Phi) is 5.77. The fourth-order valence-corrected chi connectivity index (χ4v) is 4.17. The van der Waals surface area contributed by atoms with E-state index in [1.165, 1.54) is 24.3 Å². The summed E-state index contributed by atoms with van der Waals surface area (Å²) in [5.41, 5.74) is 0.480. The monoisotopic (exact) mass is 415 g/mol. The zero-order valence-corrected chi connectivity index (χ0v) is 17.5. The molecule has 8 heteroatoms. The summed E-state index contributed by atoms with van der Waals surface area (Å²) in [6.45, 7) is 5.23. The van der Waals surface area contributed by atoms with Crippen molar-refractivity contribution in [1.82, 2.24) is 10.0 Å². The van der Waals surface area contributed by atoms with E-state index in [9.17, 15) is 18.0 Å². The van der Waals surface area contributed by atoms with Crippen LogP contribution in [0.15, 0.2) is 53.4 Å². The van der Waals surface area contributed by atoms with E-state index >= 15 is 0 Å². The third-order valence-corrected chi connectivity index (χ3v) is 5.90. The Bertz CT molecular complexity index is 1040. The van der Waals surface area contributed by atoms with Crippen LogP contribution in [0.5, 0.6) is 0 Å². The molecule has 0 aliphatic heterocycles. The molecular weight excluding hydrogens is 390 g/mol. The summed E-state index contributed by atoms with van der Waals surface area (Å²) in [6, 6.07) is 12.7. The largest absolute Gasteiger partial charge is 0.349 e. The van der Waals surface area contributed by atoms with Crippen molar-refractivity contribution in [3.8, 4) is 0 Å². The van der Waals surface area contributed by atoms with Gasteiger partial charge in [0.05, 0.1) is 4.90 Å². The minimum atomic E-state index is -3.75. The highest BCUT2D eigenvalue weighted by Gasteiger charge is 2.24. The van der Waals surface area contributed by atoms with Gasteiger partial charge in [0, 0.05) is 28.4 Å². The van der Waals surface area contributed by atoms with Crippen LogP contribution in [0, 0.1) is 0 Å². The van der Waals surface area contributed by atoms with Crippen molar-refractivity contribution >= 4 is 27.5 Å². The molecule has 1 aliphatic carbocycles. The molecule has 1 aliphatic rings. The highest BCUT2D eigenvalue weighted by Crippen LogP contribution is 2.20. The van der Waals surface area contributed by atoms with E-state index in [4.69, 9.17) is 0 Å². The molecule has 3 N–H and O–H groups in total. The quantitative estimate of drug-likeness (QED) is 0.675. The minimum Gasteiger partial charge on any atom is -0.349 e. The number of amides is 2. The van der Waals surface area contributed by atoms with Crippen molar-refractivity contribution in [2.45, 2.75) is 50.1 Å². The predicted molar refractivity (Wildman–Crippen MR) is 111 cm³/mol. The summed E-state index contributed by atoms with van der Waals surface area (Å²) in [7, 11) is -3.75. The third kappa shape index (κ3) is 5.88. The van der Waals surface area contributed by atoms with Crippen molar-refractivity contribution in [2.24, 2.45) is 0 Å². The van der Waals surface area contributed by atoms with E-state index in [1.54, 1.807) is 45.0 Å². The Hall–Kier alpha value is -2.71. The maximum atomic E-state index is 12.6. The highest BCUT2D eigenvalue weighted by atomic mass is 32.2. The fourth-order valence-electron chi connectivity index (χ4n) is 2.70. The molecule has 154 valence electrons. The van der Waals surface area contributed by atoms with E-state index in [0.717, 1.165) is 12.8 Å². The molecule has 1 fully saturated rings. The number of carbonyl (C=O) groups is 2. The molecular formula is C21H25N3O4S. The van der Waals surface area contributed by atoms with Crippen LogP contribution in [-0.2, 0) is 10.0 Å². The lowest BCUT2D eigenvalue weighted by molar-refractivity contribution is 0.0949. The van der Waals surface area contributed by atoms with Crippen LogP contribution in [0.4, 0.5) is 5.69 Å². The Morgan fingerprint density at radius 3 is 2.17 bits per heavy atom. The average Bonchev–Trinajstić information content (AvgIpc) is 3.44. The molecule has 2 amide bonds. The third-order valence-electron chi connectivity index (χ3n) is 4.14. The van der Waals surface area contributed by atoms with Crippen molar-refractivity contribution in [1.29, 1.82) is 0 Å². The number of carbonyl (C=O) groups excluding carboxylic acids is 2. The van der Waals surface area contributed by atoms with Gasteiger partial charge in [-0.15, -0.1) is 0 Å². The van der Waals surface area contributed by atoms with Gasteiger partial charge in [-0.1, -0.05) is 12.1 Å². The summed E-state index contributed by atoms with van der Waals surface area (Å²) in [4.78, 5) is 24.8. The number of hydrogen-bond acceptors (Lipinski definition) is 4. The van der Waals surface area contributed by atoms with Crippen LogP contribution in [0.25, 0.3) is 0 Å². The molecule has 0 heterocycles. The second-order valence-corrected chi connectivity index (χ2v) is 9.85. The molecule has 0 radical (unpaired) electrons. The van der Waals surface area contributed by atoms with E-state index in [1.807, 2.05) is 0 Å². The van der Waals surface area contributed by atoms with Gasteiger partial charge in [-0.2, -0.15) is 0 Å². The van der Waals surface area contributed by atoms with Gasteiger partial charge >= 0.3 is 0 Å². The molecule has 29 heavy (non-hydrogen) atoms. The molecule has 0 saturated heterocycles. The maximum Gasteiger partial charge on any atom is 0.255 e. The van der Waals surface area contributed by atoms with Gasteiger partial charge in [0.15, 0.2) is 0 Å². The summed E-state index contributed by atoms with van der Waals surface area (Å²) in [5.74, 6) is -0.637. The lowest BCUT2D eigenvalue weighted by Crippen LogP contribution is -2.40. The summed E-state index contributed by atoms with van der Waals surface area (Å²) >= 11 is 0. The normalized spacial score (nSPS) is 14.3. The molecule has 0 bridgehead atoms. The zero-order valence-electron chi connectivity index (χ0n) is 16.7. The van der Waals surface area contributed by atoms with Crippen LogP contribution in [0.1, 0.15) is 54.3 Å². The second-order valence-electron chi connectivity index (χ2n) is 8.17. The van der Waals surface area contributed by atoms with E-state index in [-0.39, 0.29) is 22.4 Å². The second kappa shape index (κ2) is 7.96. The Labute approximate surface area is 171 Å². The fraction of sp³-hybridized carbons (Fsp3) is 0.333. The van der Waals surface area contributed by atoms with E-state index < -0.39 is 21.5 Å². The Morgan fingerprint density at radius 1 is 0.931 bits per heavy atom. The zero-order chi connectivity index (χ0) is 21.2. The first kappa shape index (κ1) is 21.0. The van der Waals surface area contributed by atoms with Crippen LogP contribution in [-0.4, -0.2) is 31.8 Å². The average molecular weight is 416 g/mol. The van der Waals surface area contributed by atoms with Gasteiger partial charge in [-0.05, 0) is 70.0 Å². The van der Waals surface area contributed by atoms with Gasteiger partial charge in [0.1, 0.15) is 0 Å². The molecule has 0 aromatic heterocycles. The number of nitrogens with one attached hydrogen (secondary N) is 3. The molecule has 0 spiro atoms. The van der Waals surface area contributed by atoms with Crippen molar-refractivity contribution in [3.63, 3.8) is 0 Å². The predicted octanol–water partition coefficient (Wildman–Crippen LogP) is 2.91. The SMILES string of the molecule is CC(C)(C)NS(=O)(=O)c1cccc(C(=O)Nc2cccc(C(=O)NC3CC3)c2)c1. The van der Waals surface area contributed by atoms with Crippen molar-refractivity contribution < 1.29 is 18.0 Å². The molecule has 7 nitrogen and oxygen atoms in total. The Balaban J connectivity index is 1.75. The van der Waals surface area contributed by atoms with Crippen molar-refractivity contribution in [3.05, 3.63) is 59.7 Å². The smallest absolute Gasteiger partial charge is 0.255 e. The van der Waals surface area contributed by atoms with Gasteiger partial charge in [0.2, 0.25) is 10.0 Å². The topological polar surface area (TPSA) is 104 Å². The first-order chi connectivity index (χ1) is 13.5. The van der Waals surface area contributed by atoms with Crippen LogP contribution < -0.4 is 15.4 Å². The van der Waals surface area contributed by atoms with E-state index in [2.05, 4.69) is 15.4 Å². The number of rotatable bonds is 6. The van der Waals surface area contributed by atoms with Gasteiger partial charge in [-0.3, -0.25) is 9.59 Å². The van der Waals surface area contributed by atoms with Crippen LogP contribution >= 0.6 is 0 Å². The van der Waals surface area contributed by atoms with Gasteiger partial charge in [-0.25, -0.2) is 13.1 Å². The summed E-state index contributed by atoms with van der Waals surface area (Å²) < 4.78 is 27.6. The lowest BCUT2D eigenvalue weighted by Gasteiger charge is -2.20. The Morgan fingerprint density at radius 2 is 1.55 bits per heavy atom. The van der Waals surface area contributed by atoms with Crippen LogP contribution in [0.2, 0.25) is 0 Å². The molecule has 0 atom stereocenters. The first-order valence-electron chi connectivity index (χ1n) is 9.40. The summed E-state index contributed by atoms with van der Waals surface area (Å²) in [5, 5.41) is 5.61. The molecule has 1 saturated carbocycles. The number of benzene rings is 2.